The van der Waals surface area contributed by atoms with Crippen LogP contribution < -0.4 is 80.4 Å². The van der Waals surface area contributed by atoms with Gasteiger partial charge in [-0.1, -0.05) is 0 Å². The van der Waals surface area contributed by atoms with Gasteiger partial charge in [0.15, 0.2) is 0 Å². The predicted molar refractivity (Wildman–Crippen MR) is 57.1 cm³/mol. The first kappa shape index (κ1) is 26.2. The average molecular weight is 322 g/mol. The second-order valence-electron chi connectivity index (χ2n) is 3.88. The van der Waals surface area contributed by atoms with Crippen molar-refractivity contribution in [2.75, 3.05) is 26.3 Å². The number of nitrogens with one attached hydrogen (secondary N) is 1. The summed E-state index contributed by atoms with van der Waals surface area (Å²) in [6.45, 7) is -1.36. The standard InChI is InChI=1S/C10H18N2O7.2Na/c11-6-10(3-7(14)15,4-8(16)17)12-5-9(18)19-2-1-13;;/h12-13H,1-6,11H2,(H,14,15)(H,16,17);;/q;2*+1/p-2. The van der Waals surface area contributed by atoms with Gasteiger partial charge in [0.2, 0.25) is 0 Å². The molecule has 0 heterocycles. The average Bonchev–Trinajstić information content (AvgIpc) is 2.32. The molecule has 0 saturated carbocycles. The summed E-state index contributed by atoms with van der Waals surface area (Å²) in [5.74, 6) is -3.80. The SMILES string of the molecule is NCC(CC(=O)[O-])(CC(=O)[O-])NCC(=O)OCCO.[Na+].[Na+]. The van der Waals surface area contributed by atoms with Crippen LogP contribution in [0.1, 0.15) is 12.8 Å². The number of carboxylic acids is 2. The fourth-order valence-electron chi connectivity index (χ4n) is 1.43. The largest absolute Gasteiger partial charge is 1.00 e. The molecule has 11 heteroatoms. The van der Waals surface area contributed by atoms with Gasteiger partial charge in [0.05, 0.1) is 13.2 Å². The molecule has 110 valence electrons. The van der Waals surface area contributed by atoms with Crippen molar-refractivity contribution >= 4 is 17.9 Å². The van der Waals surface area contributed by atoms with E-state index in [9.17, 15) is 24.6 Å². The number of carboxylic acid groups (broad SMARTS) is 2. The molecule has 4 N–H and O–H groups in total. The van der Waals surface area contributed by atoms with E-state index in [-0.39, 0.29) is 78.9 Å². The van der Waals surface area contributed by atoms with E-state index in [0.29, 0.717) is 0 Å². The van der Waals surface area contributed by atoms with Gasteiger partial charge in [0.25, 0.3) is 0 Å². The summed E-state index contributed by atoms with van der Waals surface area (Å²) in [6, 6.07) is 0. The van der Waals surface area contributed by atoms with Crippen molar-refractivity contribution in [2.24, 2.45) is 5.73 Å². The molecule has 0 spiro atoms. The minimum atomic E-state index is -1.55. The van der Waals surface area contributed by atoms with E-state index in [2.05, 4.69) is 10.1 Å². The Morgan fingerprint density at radius 3 is 1.95 bits per heavy atom. The Morgan fingerprint density at radius 1 is 1.14 bits per heavy atom. The zero-order chi connectivity index (χ0) is 14.9. The quantitative estimate of drug-likeness (QED) is 0.261. The molecule has 0 aromatic carbocycles. The molecule has 9 nitrogen and oxygen atoms in total. The van der Waals surface area contributed by atoms with Crippen molar-refractivity contribution in [3.05, 3.63) is 0 Å². The Labute approximate surface area is 166 Å². The molecule has 0 radical (unpaired) electrons. The van der Waals surface area contributed by atoms with Crippen LogP contribution in [-0.2, 0) is 19.1 Å². The molecule has 0 atom stereocenters. The summed E-state index contributed by atoms with van der Waals surface area (Å²) < 4.78 is 4.52. The zero-order valence-corrected chi connectivity index (χ0v) is 16.2. The minimum absolute atomic E-state index is 0. The van der Waals surface area contributed by atoms with Gasteiger partial charge in [-0.25, -0.2) is 0 Å². The van der Waals surface area contributed by atoms with Gasteiger partial charge in [0, 0.05) is 36.9 Å². The number of carbonyl (C=O) groups is 3. The summed E-state index contributed by atoms with van der Waals surface area (Å²) in [7, 11) is 0. The molecule has 0 aromatic heterocycles. The third-order valence-electron chi connectivity index (χ3n) is 2.32. The summed E-state index contributed by atoms with van der Waals surface area (Å²) in [6.07, 6.45) is -1.38. The number of rotatable bonds is 10. The molecule has 0 amide bonds. The van der Waals surface area contributed by atoms with Crippen LogP contribution >= 0.6 is 0 Å². The van der Waals surface area contributed by atoms with Gasteiger partial charge in [-0.05, 0) is 0 Å². The second kappa shape index (κ2) is 13.9. The van der Waals surface area contributed by atoms with E-state index in [0.717, 1.165) is 0 Å². The molecule has 0 fully saturated rings. The Hall–Kier alpha value is 0.290. The van der Waals surface area contributed by atoms with E-state index in [1.807, 2.05) is 0 Å². The fraction of sp³-hybridized carbons (Fsp3) is 0.700. The fourth-order valence-corrected chi connectivity index (χ4v) is 1.43. The third kappa shape index (κ3) is 12.5. The van der Waals surface area contributed by atoms with Crippen LogP contribution in [0.5, 0.6) is 0 Å². The van der Waals surface area contributed by atoms with Crippen molar-refractivity contribution in [1.82, 2.24) is 5.32 Å². The number of esters is 1. The zero-order valence-electron chi connectivity index (χ0n) is 12.2. The maximum Gasteiger partial charge on any atom is 1.00 e. The number of aliphatic hydroxyl groups excluding tert-OH is 1. The number of aliphatic carboxylic acids is 2. The van der Waals surface area contributed by atoms with Crippen LogP contribution in [0.15, 0.2) is 0 Å². The van der Waals surface area contributed by atoms with E-state index in [1.54, 1.807) is 0 Å². The first-order valence-corrected chi connectivity index (χ1v) is 5.46. The smallest absolute Gasteiger partial charge is 0.550 e. The summed E-state index contributed by atoms with van der Waals surface area (Å²) >= 11 is 0. The molecule has 0 aromatic rings. The first-order chi connectivity index (χ1) is 8.85. The van der Waals surface area contributed by atoms with Crippen molar-refractivity contribution in [3.8, 4) is 0 Å². The number of ether oxygens (including phenoxy) is 1. The van der Waals surface area contributed by atoms with Gasteiger partial charge in [-0.3, -0.25) is 10.1 Å². The predicted octanol–water partition coefficient (Wildman–Crippen LogP) is -10.9. The molecule has 0 aliphatic heterocycles. The molecule has 0 saturated heterocycles. The number of hydrogen-bond donors (Lipinski definition) is 3. The molecular weight excluding hydrogens is 306 g/mol. The Balaban J connectivity index is -0.00000162. The number of aliphatic hydroxyl groups is 1. The topological polar surface area (TPSA) is 165 Å². The van der Waals surface area contributed by atoms with Crippen LogP contribution in [0.2, 0.25) is 0 Å². The molecule has 21 heavy (non-hydrogen) atoms. The van der Waals surface area contributed by atoms with Crippen molar-refractivity contribution < 1.29 is 93.6 Å². The van der Waals surface area contributed by atoms with Crippen molar-refractivity contribution in [2.45, 2.75) is 18.4 Å². The molecule has 0 aliphatic carbocycles. The van der Waals surface area contributed by atoms with Crippen LogP contribution in [0.4, 0.5) is 0 Å². The normalized spacial score (nSPS) is 10.0. The molecule has 0 bridgehead atoms. The summed E-state index contributed by atoms with van der Waals surface area (Å²) in [5.41, 5.74) is 3.81. The van der Waals surface area contributed by atoms with E-state index in [1.165, 1.54) is 0 Å². The maximum absolute atomic E-state index is 11.2. The monoisotopic (exact) mass is 322 g/mol. The van der Waals surface area contributed by atoms with Crippen LogP contribution in [-0.4, -0.2) is 54.9 Å². The second-order valence-corrected chi connectivity index (χ2v) is 3.88. The number of nitrogens with two attached hydrogens (primary N) is 1. The van der Waals surface area contributed by atoms with Gasteiger partial charge < -0.3 is 35.4 Å². The molecular formula is C10H16N2Na2O7. The molecule has 0 rings (SSSR count). The Bertz CT molecular complexity index is 325. The van der Waals surface area contributed by atoms with E-state index >= 15 is 0 Å². The van der Waals surface area contributed by atoms with Crippen molar-refractivity contribution in [1.29, 1.82) is 0 Å². The Morgan fingerprint density at radius 2 is 1.62 bits per heavy atom. The first-order valence-electron chi connectivity index (χ1n) is 5.46. The minimum Gasteiger partial charge on any atom is -0.550 e. The van der Waals surface area contributed by atoms with Crippen LogP contribution in [0.25, 0.3) is 0 Å². The van der Waals surface area contributed by atoms with E-state index in [4.69, 9.17) is 10.8 Å². The van der Waals surface area contributed by atoms with Gasteiger partial charge in [0.1, 0.15) is 6.61 Å². The van der Waals surface area contributed by atoms with Gasteiger partial charge in [-0.2, -0.15) is 0 Å². The third-order valence-corrected chi connectivity index (χ3v) is 2.32. The van der Waals surface area contributed by atoms with Gasteiger partial charge in [-0.15, -0.1) is 0 Å². The summed E-state index contributed by atoms with van der Waals surface area (Å²) in [5, 5.41) is 32.1. The molecule has 0 aliphatic rings. The van der Waals surface area contributed by atoms with Crippen molar-refractivity contribution in [3.63, 3.8) is 0 Å². The molecule has 0 unspecified atom stereocenters. The van der Waals surface area contributed by atoms with Crippen LogP contribution in [0, 0.1) is 0 Å². The van der Waals surface area contributed by atoms with Crippen LogP contribution in [0.3, 0.4) is 0 Å². The summed E-state index contributed by atoms with van der Waals surface area (Å²) in [4.78, 5) is 32.4. The van der Waals surface area contributed by atoms with Gasteiger partial charge >= 0.3 is 65.1 Å². The number of hydrogen-bond acceptors (Lipinski definition) is 9. The Kier molecular flexibility index (Phi) is 17.4. The number of carbonyl (C=O) groups excluding carboxylic acids is 3. The van der Waals surface area contributed by atoms with E-state index < -0.39 is 42.8 Å². The maximum atomic E-state index is 11.2.